The van der Waals surface area contributed by atoms with E-state index in [2.05, 4.69) is 5.48 Å². The molecular formula is C15H21N2O3+. The second-order valence-corrected chi connectivity index (χ2v) is 6.09. The molecule has 1 aromatic rings. The Bertz CT molecular complexity index is 516. The Hall–Kier alpha value is -1.14. The van der Waals surface area contributed by atoms with Gasteiger partial charge in [0.1, 0.15) is 11.8 Å². The van der Waals surface area contributed by atoms with E-state index in [1.165, 1.54) is 4.90 Å². The smallest absolute Gasteiger partial charge is 0.244 e. The summed E-state index contributed by atoms with van der Waals surface area (Å²) in [4.78, 5) is 7.47. The van der Waals surface area contributed by atoms with Crippen LogP contribution in [-0.2, 0) is 9.57 Å². The monoisotopic (exact) mass is 277 g/mol. The summed E-state index contributed by atoms with van der Waals surface area (Å²) in [7, 11) is 1.74. The van der Waals surface area contributed by atoms with Gasteiger partial charge in [0.15, 0.2) is 6.04 Å². The van der Waals surface area contributed by atoms with Gasteiger partial charge < -0.3 is 14.7 Å². The molecule has 0 aliphatic carbocycles. The van der Waals surface area contributed by atoms with E-state index in [1.54, 1.807) is 13.2 Å². The van der Waals surface area contributed by atoms with Crippen molar-refractivity contribution in [2.45, 2.75) is 30.7 Å². The van der Waals surface area contributed by atoms with E-state index in [0.717, 1.165) is 31.5 Å². The van der Waals surface area contributed by atoms with Crippen LogP contribution in [0.4, 0.5) is 0 Å². The molecule has 20 heavy (non-hydrogen) atoms. The van der Waals surface area contributed by atoms with E-state index >= 15 is 0 Å². The van der Waals surface area contributed by atoms with Gasteiger partial charge in [0.05, 0.1) is 13.1 Å². The van der Waals surface area contributed by atoms with Crippen molar-refractivity contribution in [1.29, 1.82) is 0 Å². The predicted molar refractivity (Wildman–Crippen MR) is 72.0 cm³/mol. The lowest BCUT2D eigenvalue weighted by Crippen LogP contribution is -3.21. The zero-order chi connectivity index (χ0) is 13.7. The van der Waals surface area contributed by atoms with Crippen LogP contribution in [0.1, 0.15) is 24.4 Å². The van der Waals surface area contributed by atoms with Crippen molar-refractivity contribution in [1.82, 2.24) is 5.48 Å². The van der Waals surface area contributed by atoms with Gasteiger partial charge in [-0.2, -0.15) is 5.48 Å². The molecule has 4 aliphatic heterocycles. The summed E-state index contributed by atoms with van der Waals surface area (Å²) in [6, 6.07) is 7.68. The predicted octanol–water partition coefficient (Wildman–Crippen LogP) is -0.0121. The number of quaternary nitrogens is 1. The Morgan fingerprint density at radius 1 is 1.35 bits per heavy atom. The molecule has 2 bridgehead atoms. The van der Waals surface area contributed by atoms with Gasteiger partial charge in [-0.15, -0.1) is 0 Å². The van der Waals surface area contributed by atoms with Crippen molar-refractivity contribution in [3.8, 4) is 5.75 Å². The Morgan fingerprint density at radius 2 is 2.10 bits per heavy atom. The second kappa shape index (κ2) is 4.43. The third-order valence-corrected chi connectivity index (χ3v) is 5.34. The SMILES string of the molecule is CO[C@]12ON[C@H](c3ccccc3O)[C@H]1[NH+]1CCC2CC1. The first-order valence-corrected chi connectivity index (χ1v) is 7.37. The van der Waals surface area contributed by atoms with Gasteiger partial charge in [0.25, 0.3) is 0 Å². The minimum absolute atomic E-state index is 0.0192. The van der Waals surface area contributed by atoms with Gasteiger partial charge in [-0.1, -0.05) is 18.2 Å². The number of ether oxygens (including phenoxy) is 1. The van der Waals surface area contributed by atoms with Crippen LogP contribution in [0.25, 0.3) is 0 Å². The number of rotatable bonds is 2. The highest BCUT2D eigenvalue weighted by molar-refractivity contribution is 5.36. The summed E-state index contributed by atoms with van der Waals surface area (Å²) < 4.78 is 5.84. The highest BCUT2D eigenvalue weighted by Gasteiger charge is 2.66. The van der Waals surface area contributed by atoms with Crippen molar-refractivity contribution in [2.75, 3.05) is 20.2 Å². The zero-order valence-electron chi connectivity index (χ0n) is 11.6. The van der Waals surface area contributed by atoms with Crippen LogP contribution < -0.4 is 10.4 Å². The highest BCUT2D eigenvalue weighted by atomic mass is 16.8. The molecule has 4 saturated heterocycles. The van der Waals surface area contributed by atoms with Crippen molar-refractivity contribution < 1.29 is 19.6 Å². The molecule has 3 atom stereocenters. The molecule has 108 valence electrons. The Labute approximate surface area is 118 Å². The van der Waals surface area contributed by atoms with Crippen molar-refractivity contribution in [2.24, 2.45) is 5.92 Å². The maximum Gasteiger partial charge on any atom is 0.244 e. The van der Waals surface area contributed by atoms with Crippen LogP contribution in [0.15, 0.2) is 24.3 Å². The van der Waals surface area contributed by atoms with E-state index < -0.39 is 5.79 Å². The molecule has 0 spiro atoms. The lowest BCUT2D eigenvalue weighted by Gasteiger charge is -2.50. The Balaban J connectivity index is 1.76. The lowest BCUT2D eigenvalue weighted by molar-refractivity contribution is -0.955. The zero-order valence-corrected chi connectivity index (χ0v) is 11.6. The minimum atomic E-state index is -0.543. The van der Waals surface area contributed by atoms with Crippen molar-refractivity contribution in [3.63, 3.8) is 0 Å². The van der Waals surface area contributed by atoms with Crippen LogP contribution in [0.3, 0.4) is 0 Å². The van der Waals surface area contributed by atoms with E-state index in [9.17, 15) is 5.11 Å². The van der Waals surface area contributed by atoms with Gasteiger partial charge >= 0.3 is 0 Å². The molecule has 5 heteroatoms. The van der Waals surface area contributed by atoms with Gasteiger partial charge in [0, 0.05) is 31.4 Å². The average Bonchev–Trinajstić information content (AvgIpc) is 2.92. The Morgan fingerprint density at radius 3 is 2.80 bits per heavy atom. The van der Waals surface area contributed by atoms with Gasteiger partial charge in [-0.05, 0) is 6.07 Å². The number of fused-ring (bicyclic) bond motifs is 2. The van der Waals surface area contributed by atoms with Crippen LogP contribution in [0.2, 0.25) is 0 Å². The quantitative estimate of drug-likeness (QED) is 0.711. The molecule has 0 aromatic heterocycles. The molecule has 3 N–H and O–H groups in total. The fourth-order valence-corrected chi connectivity index (χ4v) is 4.41. The summed E-state index contributed by atoms with van der Waals surface area (Å²) in [5.41, 5.74) is 4.04. The summed E-state index contributed by atoms with van der Waals surface area (Å²) in [6.07, 6.45) is 2.30. The summed E-state index contributed by atoms with van der Waals surface area (Å²) >= 11 is 0. The lowest BCUT2D eigenvalue weighted by atomic mass is 9.74. The first kappa shape index (κ1) is 12.6. The topological polar surface area (TPSA) is 55.2 Å². The number of phenolic OH excluding ortho intramolecular Hbond substituents is 1. The summed E-state index contributed by atoms with van der Waals surface area (Å²) in [5.74, 6) is 0.222. The fourth-order valence-electron chi connectivity index (χ4n) is 4.41. The highest BCUT2D eigenvalue weighted by Crippen LogP contribution is 2.45. The standard InChI is InChI=1S/C15H20N2O3/c1-19-15-10-6-8-17(9-7-10)14(15)13(16-20-15)11-4-2-3-5-12(11)18/h2-5,10,13-14,16,18H,6-9H2,1H3/p+1/t13-,14-,15-/m1/s1. The Kier molecular flexibility index (Phi) is 2.79. The van der Waals surface area contributed by atoms with E-state index in [1.807, 2.05) is 18.2 Å². The van der Waals surface area contributed by atoms with E-state index in [4.69, 9.17) is 9.57 Å². The number of nitrogens with one attached hydrogen (secondary N) is 2. The molecular weight excluding hydrogens is 256 g/mol. The number of hydroxylamine groups is 1. The molecule has 5 nitrogen and oxygen atoms in total. The van der Waals surface area contributed by atoms with Gasteiger partial charge in [-0.3, -0.25) is 4.84 Å². The van der Waals surface area contributed by atoms with Gasteiger partial charge in [0.2, 0.25) is 5.79 Å². The second-order valence-electron chi connectivity index (χ2n) is 6.09. The number of hydrogen-bond acceptors (Lipinski definition) is 4. The molecule has 5 rings (SSSR count). The molecule has 0 unspecified atom stereocenters. The molecule has 0 radical (unpaired) electrons. The first-order chi connectivity index (χ1) is 9.76. The third kappa shape index (κ3) is 1.52. The van der Waals surface area contributed by atoms with Crippen LogP contribution in [0.5, 0.6) is 5.75 Å². The van der Waals surface area contributed by atoms with Crippen molar-refractivity contribution in [3.05, 3.63) is 29.8 Å². The molecule has 4 aliphatic rings. The summed E-state index contributed by atoms with van der Waals surface area (Å²) in [5, 5.41) is 10.1. The number of benzene rings is 1. The average molecular weight is 277 g/mol. The molecule has 0 saturated carbocycles. The maximum atomic E-state index is 10.1. The maximum absolute atomic E-state index is 10.1. The van der Waals surface area contributed by atoms with E-state index in [0.29, 0.717) is 11.7 Å². The number of piperidine rings is 3. The number of methoxy groups -OCH3 is 1. The van der Waals surface area contributed by atoms with Crippen LogP contribution in [0, 0.1) is 5.92 Å². The fraction of sp³-hybridized carbons (Fsp3) is 0.600. The normalized spacial score (nSPS) is 42.6. The third-order valence-electron chi connectivity index (χ3n) is 5.34. The van der Waals surface area contributed by atoms with Gasteiger partial charge in [-0.25, -0.2) is 0 Å². The molecule has 1 aromatic carbocycles. The number of aromatic hydroxyl groups is 1. The van der Waals surface area contributed by atoms with Crippen molar-refractivity contribution >= 4 is 0 Å². The number of phenols is 1. The van der Waals surface area contributed by atoms with Crippen LogP contribution >= 0.6 is 0 Å². The summed E-state index contributed by atoms with van der Waals surface area (Å²) in [6.45, 7) is 2.32. The van der Waals surface area contributed by atoms with Crippen LogP contribution in [-0.4, -0.2) is 37.1 Å². The van der Waals surface area contributed by atoms with E-state index in [-0.39, 0.29) is 12.1 Å². The first-order valence-electron chi connectivity index (χ1n) is 7.37. The minimum Gasteiger partial charge on any atom is -0.508 e. The number of hydrogen-bond donors (Lipinski definition) is 3. The molecule has 0 amide bonds. The molecule has 4 heterocycles. The number of para-hydroxylation sites is 1. The largest absolute Gasteiger partial charge is 0.508 e. The molecule has 4 fully saturated rings.